The second-order valence-electron chi connectivity index (χ2n) is 12.8. The summed E-state index contributed by atoms with van der Waals surface area (Å²) >= 11 is 0. The Hall–Kier alpha value is -3.15. The third kappa shape index (κ3) is 7.37. The zero-order valence-electron chi connectivity index (χ0n) is 25.7. The highest BCUT2D eigenvalue weighted by Crippen LogP contribution is 2.46. The minimum atomic E-state index is -3.64. The number of alkyl halides is 2. The van der Waals surface area contributed by atoms with E-state index in [-0.39, 0.29) is 53.4 Å². The number of benzene rings is 3. The molecule has 1 heterocycles. The maximum absolute atomic E-state index is 15.2. The highest BCUT2D eigenvalue weighted by Gasteiger charge is 2.51. The molecule has 0 atom stereocenters. The molecular formula is C35H37F7O4. The highest BCUT2D eigenvalue weighted by molar-refractivity contribution is 5.71. The van der Waals surface area contributed by atoms with Crippen molar-refractivity contribution in [3.05, 3.63) is 77.6 Å². The molecule has 2 aliphatic rings. The minimum Gasteiger partial charge on any atom is -0.432 e. The zero-order chi connectivity index (χ0) is 33.3. The lowest BCUT2D eigenvalue weighted by atomic mass is 9.79. The van der Waals surface area contributed by atoms with Gasteiger partial charge in [-0.25, -0.2) is 22.0 Å². The molecule has 3 aromatic carbocycles. The number of rotatable bonds is 10. The molecule has 1 aliphatic heterocycles. The van der Waals surface area contributed by atoms with Gasteiger partial charge in [0, 0.05) is 28.5 Å². The van der Waals surface area contributed by atoms with Crippen molar-refractivity contribution in [1.29, 1.82) is 0 Å². The van der Waals surface area contributed by atoms with E-state index in [0.717, 1.165) is 56.0 Å². The number of hydrogen-bond acceptors (Lipinski definition) is 4. The van der Waals surface area contributed by atoms with Crippen molar-refractivity contribution in [2.24, 2.45) is 17.3 Å². The van der Waals surface area contributed by atoms with Gasteiger partial charge in [-0.15, -0.1) is 0 Å². The van der Waals surface area contributed by atoms with E-state index < -0.39 is 58.8 Å². The van der Waals surface area contributed by atoms with Crippen molar-refractivity contribution < 1.29 is 50.1 Å². The maximum Gasteiger partial charge on any atom is 0.400 e. The second-order valence-corrected chi connectivity index (χ2v) is 12.8. The summed E-state index contributed by atoms with van der Waals surface area (Å²) in [5.74, 6) is -10.5. The van der Waals surface area contributed by atoms with Gasteiger partial charge < -0.3 is 19.3 Å². The van der Waals surface area contributed by atoms with Gasteiger partial charge in [0.05, 0.1) is 19.1 Å². The van der Waals surface area contributed by atoms with E-state index in [1.807, 2.05) is 6.92 Å². The van der Waals surface area contributed by atoms with Crippen LogP contribution in [0.4, 0.5) is 30.7 Å². The number of unbranched alkanes of at least 4 members (excludes halogenated alkanes) is 2. The van der Waals surface area contributed by atoms with Crippen molar-refractivity contribution in [2.75, 3.05) is 13.2 Å². The van der Waals surface area contributed by atoms with Gasteiger partial charge in [0.1, 0.15) is 17.4 Å². The van der Waals surface area contributed by atoms with Gasteiger partial charge in [-0.05, 0) is 73.6 Å². The SMILES string of the molecule is CCCCCC1(C)COC(O)(C2CCC(C(F)(F)Oc3ccc(-c4ccc(-c5cc(F)c(F)c(F)c5)c(F)c4)c(F)c3)CC2)OC1. The molecule has 0 spiro atoms. The van der Waals surface area contributed by atoms with E-state index in [2.05, 4.69) is 6.92 Å². The number of ether oxygens (including phenoxy) is 3. The average molecular weight is 655 g/mol. The summed E-state index contributed by atoms with van der Waals surface area (Å²) in [7, 11) is 0. The average Bonchev–Trinajstić information content (AvgIpc) is 3.01. The predicted octanol–water partition coefficient (Wildman–Crippen LogP) is 9.77. The summed E-state index contributed by atoms with van der Waals surface area (Å²) in [5, 5.41) is 11.0. The van der Waals surface area contributed by atoms with Crippen molar-refractivity contribution in [3.8, 4) is 28.0 Å². The molecule has 4 nitrogen and oxygen atoms in total. The first kappa shape index (κ1) is 34.2. The molecule has 250 valence electrons. The predicted molar refractivity (Wildman–Crippen MR) is 157 cm³/mol. The van der Waals surface area contributed by atoms with Crippen LogP contribution in [-0.4, -0.2) is 30.4 Å². The number of halogens is 7. The Morgan fingerprint density at radius 1 is 0.783 bits per heavy atom. The van der Waals surface area contributed by atoms with Crippen LogP contribution in [0.5, 0.6) is 5.75 Å². The molecule has 1 saturated heterocycles. The summed E-state index contributed by atoms with van der Waals surface area (Å²) in [6.45, 7) is 4.80. The second kappa shape index (κ2) is 13.5. The Morgan fingerprint density at radius 2 is 1.35 bits per heavy atom. The van der Waals surface area contributed by atoms with E-state index >= 15 is 13.2 Å². The lowest BCUT2D eigenvalue weighted by molar-refractivity contribution is -0.428. The minimum absolute atomic E-state index is 0.0223. The summed E-state index contributed by atoms with van der Waals surface area (Å²) in [6, 6.07) is 7.70. The van der Waals surface area contributed by atoms with Crippen LogP contribution in [0.3, 0.4) is 0 Å². The standard InChI is InChI=1S/C35H37F7O4/c1-3-4-5-14-33(2)19-44-35(43,45-20-33)24-9-7-23(8-10-24)34(41,42)46-25-11-13-26(29(37)18-25)21-6-12-27(28(36)15-21)22-16-30(38)32(40)31(39)17-22/h6,11-13,15-18,23-24,43H,3-5,7-10,14,19-20H2,1-2H3. The molecule has 1 N–H and O–H groups in total. The molecule has 0 unspecified atom stereocenters. The highest BCUT2D eigenvalue weighted by atomic mass is 19.3. The third-order valence-electron chi connectivity index (χ3n) is 9.13. The number of aliphatic hydroxyl groups is 1. The lowest BCUT2D eigenvalue weighted by Gasteiger charge is -2.47. The topological polar surface area (TPSA) is 47.9 Å². The Morgan fingerprint density at radius 3 is 1.93 bits per heavy atom. The monoisotopic (exact) mass is 654 g/mol. The first-order valence-electron chi connectivity index (χ1n) is 15.5. The van der Waals surface area contributed by atoms with Crippen LogP contribution in [0.15, 0.2) is 48.5 Å². The summed E-state index contributed by atoms with van der Waals surface area (Å²) in [5.41, 5.74) is -0.807. The molecule has 1 aliphatic carbocycles. The van der Waals surface area contributed by atoms with Gasteiger partial charge in [-0.2, -0.15) is 8.78 Å². The van der Waals surface area contributed by atoms with Crippen LogP contribution in [0.25, 0.3) is 22.3 Å². The Kier molecular flexibility index (Phi) is 10.1. The van der Waals surface area contributed by atoms with Crippen LogP contribution >= 0.6 is 0 Å². The fourth-order valence-corrected chi connectivity index (χ4v) is 6.28. The summed E-state index contributed by atoms with van der Waals surface area (Å²) < 4.78 is 117. The van der Waals surface area contributed by atoms with Crippen molar-refractivity contribution in [1.82, 2.24) is 0 Å². The van der Waals surface area contributed by atoms with Crippen LogP contribution in [0.1, 0.15) is 65.2 Å². The van der Waals surface area contributed by atoms with Crippen LogP contribution < -0.4 is 4.74 Å². The molecule has 0 aromatic heterocycles. The molecule has 3 aromatic rings. The van der Waals surface area contributed by atoms with E-state index in [4.69, 9.17) is 14.2 Å². The number of hydrogen-bond donors (Lipinski definition) is 1. The van der Waals surface area contributed by atoms with Gasteiger partial charge >= 0.3 is 6.11 Å². The van der Waals surface area contributed by atoms with Gasteiger partial charge in [-0.1, -0.05) is 45.2 Å². The van der Waals surface area contributed by atoms with Gasteiger partial charge in [-0.3, -0.25) is 0 Å². The van der Waals surface area contributed by atoms with Crippen molar-refractivity contribution in [2.45, 2.75) is 77.3 Å². The van der Waals surface area contributed by atoms with Crippen molar-refractivity contribution >= 4 is 0 Å². The van der Waals surface area contributed by atoms with Crippen LogP contribution in [0, 0.1) is 46.3 Å². The molecule has 0 radical (unpaired) electrons. The van der Waals surface area contributed by atoms with E-state index in [0.29, 0.717) is 25.3 Å². The zero-order valence-corrected chi connectivity index (χ0v) is 25.7. The Labute approximate surface area is 263 Å². The largest absolute Gasteiger partial charge is 0.432 e. The van der Waals surface area contributed by atoms with E-state index in [1.165, 1.54) is 6.07 Å². The van der Waals surface area contributed by atoms with E-state index in [9.17, 15) is 22.7 Å². The smallest absolute Gasteiger partial charge is 0.400 e. The quantitative estimate of drug-likeness (QED) is 0.134. The fraction of sp³-hybridized carbons (Fsp3) is 0.486. The Balaban J connectivity index is 1.19. The lowest BCUT2D eigenvalue weighted by Crippen LogP contribution is -2.54. The van der Waals surface area contributed by atoms with Crippen molar-refractivity contribution in [3.63, 3.8) is 0 Å². The molecule has 0 bridgehead atoms. The molecule has 46 heavy (non-hydrogen) atoms. The van der Waals surface area contributed by atoms with Crippen LogP contribution in [0.2, 0.25) is 0 Å². The third-order valence-corrected chi connectivity index (χ3v) is 9.13. The summed E-state index contributed by atoms with van der Waals surface area (Å²) in [4.78, 5) is 0. The molecular weight excluding hydrogens is 617 g/mol. The van der Waals surface area contributed by atoms with Crippen LogP contribution in [-0.2, 0) is 9.47 Å². The van der Waals surface area contributed by atoms with Gasteiger partial charge in [0.2, 0.25) is 0 Å². The first-order valence-corrected chi connectivity index (χ1v) is 15.5. The molecule has 0 amide bonds. The maximum atomic E-state index is 15.2. The Bertz CT molecular complexity index is 1510. The van der Waals surface area contributed by atoms with E-state index in [1.54, 1.807) is 0 Å². The molecule has 2 fully saturated rings. The summed E-state index contributed by atoms with van der Waals surface area (Å²) in [6.07, 6.45) is 0.967. The fourth-order valence-electron chi connectivity index (χ4n) is 6.28. The van der Waals surface area contributed by atoms with Gasteiger partial charge in [0.15, 0.2) is 17.5 Å². The molecule has 1 saturated carbocycles. The molecule has 11 heteroatoms. The first-order chi connectivity index (χ1) is 21.7. The molecule has 5 rings (SSSR count). The van der Waals surface area contributed by atoms with Gasteiger partial charge in [0.25, 0.3) is 5.97 Å². The normalized spacial score (nSPS) is 25.4.